The fraction of sp³-hybridized carbons (Fsp3) is 0.250. The van der Waals surface area contributed by atoms with E-state index in [2.05, 4.69) is 9.97 Å². The summed E-state index contributed by atoms with van der Waals surface area (Å²) in [5, 5.41) is 1.70. The smallest absolute Gasteiger partial charge is 0.356 e. The van der Waals surface area contributed by atoms with Crippen LogP contribution in [0.1, 0.15) is 23.0 Å². The molecule has 4 aromatic rings. The Balaban J connectivity index is 1.71. The molecule has 0 aliphatic rings. The second-order valence-corrected chi connectivity index (χ2v) is 6.96. The van der Waals surface area contributed by atoms with Gasteiger partial charge in [-0.25, -0.2) is 9.78 Å². The van der Waals surface area contributed by atoms with Crippen LogP contribution in [-0.4, -0.2) is 43.9 Å². The molecule has 2 aromatic heterocycles. The van der Waals surface area contributed by atoms with Gasteiger partial charge in [-0.05, 0) is 42.8 Å². The van der Waals surface area contributed by atoms with Crippen molar-refractivity contribution in [2.24, 2.45) is 0 Å². The van der Waals surface area contributed by atoms with E-state index in [4.69, 9.17) is 23.7 Å². The Bertz CT molecular complexity index is 1260. The molecule has 0 atom stereocenters. The molecule has 2 aromatic carbocycles. The average molecular weight is 436 g/mol. The number of pyridine rings is 1. The number of benzene rings is 2. The van der Waals surface area contributed by atoms with E-state index in [9.17, 15) is 4.79 Å². The number of rotatable bonds is 8. The molecule has 0 saturated carbocycles. The number of aromatic nitrogens is 2. The molecule has 0 radical (unpaired) electrons. The molecule has 0 amide bonds. The van der Waals surface area contributed by atoms with Crippen molar-refractivity contribution < 1.29 is 28.5 Å². The SMILES string of the molecule is CCOC(=O)c1cc2c(cn1)[nH]c1cccc(OCc3cc(OC)c(OC)c(OC)c3)c12. The van der Waals surface area contributed by atoms with Crippen molar-refractivity contribution in [3.8, 4) is 23.0 Å². The first kappa shape index (κ1) is 21.3. The monoisotopic (exact) mass is 436 g/mol. The molecular weight excluding hydrogens is 412 g/mol. The summed E-state index contributed by atoms with van der Waals surface area (Å²) in [5.41, 5.74) is 2.78. The summed E-state index contributed by atoms with van der Waals surface area (Å²) in [6.45, 7) is 2.32. The number of aromatic amines is 1. The largest absolute Gasteiger partial charge is 0.493 e. The van der Waals surface area contributed by atoms with Crippen LogP contribution >= 0.6 is 0 Å². The fourth-order valence-electron chi connectivity index (χ4n) is 3.64. The van der Waals surface area contributed by atoms with Crippen LogP contribution in [0.25, 0.3) is 21.8 Å². The summed E-state index contributed by atoms with van der Waals surface area (Å²) >= 11 is 0. The molecule has 4 rings (SSSR count). The molecular formula is C24H24N2O6. The van der Waals surface area contributed by atoms with Gasteiger partial charge >= 0.3 is 5.97 Å². The van der Waals surface area contributed by atoms with E-state index in [1.165, 1.54) is 0 Å². The van der Waals surface area contributed by atoms with Crippen LogP contribution in [0.4, 0.5) is 0 Å². The molecule has 0 unspecified atom stereocenters. The predicted molar refractivity (Wildman–Crippen MR) is 120 cm³/mol. The highest BCUT2D eigenvalue weighted by molar-refractivity contribution is 6.11. The number of nitrogens with zero attached hydrogens (tertiary/aromatic N) is 1. The van der Waals surface area contributed by atoms with Gasteiger partial charge in [0.15, 0.2) is 11.5 Å². The fourth-order valence-corrected chi connectivity index (χ4v) is 3.64. The van der Waals surface area contributed by atoms with Gasteiger partial charge in [0.2, 0.25) is 5.75 Å². The van der Waals surface area contributed by atoms with E-state index < -0.39 is 5.97 Å². The average Bonchev–Trinajstić information content (AvgIpc) is 3.20. The number of carbonyl (C=O) groups is 1. The van der Waals surface area contributed by atoms with E-state index in [0.29, 0.717) is 23.0 Å². The molecule has 1 N–H and O–H groups in total. The molecule has 8 nitrogen and oxygen atoms in total. The highest BCUT2D eigenvalue weighted by atomic mass is 16.5. The van der Waals surface area contributed by atoms with Crippen LogP contribution in [0.2, 0.25) is 0 Å². The van der Waals surface area contributed by atoms with Crippen molar-refractivity contribution in [2.45, 2.75) is 13.5 Å². The molecule has 8 heteroatoms. The normalized spacial score (nSPS) is 10.9. The zero-order valence-electron chi connectivity index (χ0n) is 18.4. The van der Waals surface area contributed by atoms with Gasteiger partial charge in [0.25, 0.3) is 0 Å². The molecule has 0 saturated heterocycles. The van der Waals surface area contributed by atoms with Crippen LogP contribution in [0.5, 0.6) is 23.0 Å². The van der Waals surface area contributed by atoms with Crippen molar-refractivity contribution >= 4 is 27.8 Å². The van der Waals surface area contributed by atoms with Crippen LogP contribution in [0.3, 0.4) is 0 Å². The number of hydrogen-bond acceptors (Lipinski definition) is 7. The number of fused-ring (bicyclic) bond motifs is 3. The van der Waals surface area contributed by atoms with Gasteiger partial charge < -0.3 is 28.7 Å². The summed E-state index contributed by atoms with van der Waals surface area (Å²) in [5.74, 6) is 1.85. The lowest BCUT2D eigenvalue weighted by molar-refractivity contribution is 0.0519. The van der Waals surface area contributed by atoms with Crippen molar-refractivity contribution in [1.29, 1.82) is 0 Å². The Morgan fingerprint density at radius 2 is 1.72 bits per heavy atom. The molecule has 0 fully saturated rings. The topological polar surface area (TPSA) is 91.9 Å². The van der Waals surface area contributed by atoms with Crippen molar-refractivity contribution in [2.75, 3.05) is 27.9 Å². The van der Waals surface area contributed by atoms with Gasteiger partial charge in [-0.3, -0.25) is 0 Å². The van der Waals surface area contributed by atoms with Crippen LogP contribution in [0, 0.1) is 0 Å². The Hall–Kier alpha value is -3.94. The highest BCUT2D eigenvalue weighted by Crippen LogP contribution is 2.39. The summed E-state index contributed by atoms with van der Waals surface area (Å²) in [4.78, 5) is 19.7. The Labute approximate surface area is 185 Å². The number of esters is 1. The zero-order chi connectivity index (χ0) is 22.7. The third kappa shape index (κ3) is 3.87. The van der Waals surface area contributed by atoms with Crippen molar-refractivity contribution in [3.63, 3.8) is 0 Å². The van der Waals surface area contributed by atoms with E-state index in [0.717, 1.165) is 27.4 Å². The second-order valence-electron chi connectivity index (χ2n) is 6.96. The molecule has 32 heavy (non-hydrogen) atoms. The summed E-state index contributed by atoms with van der Waals surface area (Å²) in [7, 11) is 4.71. The number of ether oxygens (including phenoxy) is 5. The minimum absolute atomic E-state index is 0.250. The van der Waals surface area contributed by atoms with Gasteiger partial charge in [-0.15, -0.1) is 0 Å². The second kappa shape index (κ2) is 9.05. The quantitative estimate of drug-likeness (QED) is 0.407. The van der Waals surface area contributed by atoms with E-state index in [-0.39, 0.29) is 18.9 Å². The van der Waals surface area contributed by atoms with Gasteiger partial charge in [0, 0.05) is 10.8 Å². The van der Waals surface area contributed by atoms with Crippen LogP contribution in [0.15, 0.2) is 42.6 Å². The van der Waals surface area contributed by atoms with Gasteiger partial charge in [-0.2, -0.15) is 0 Å². The summed E-state index contributed by atoms with van der Waals surface area (Å²) in [6.07, 6.45) is 1.63. The third-order valence-electron chi connectivity index (χ3n) is 5.07. The summed E-state index contributed by atoms with van der Waals surface area (Å²) in [6, 6.07) is 11.2. The number of nitrogens with one attached hydrogen (secondary N) is 1. The number of hydrogen-bond donors (Lipinski definition) is 1. The first-order valence-corrected chi connectivity index (χ1v) is 10.1. The Morgan fingerprint density at radius 1 is 0.969 bits per heavy atom. The number of carbonyl (C=O) groups excluding carboxylic acids is 1. The van der Waals surface area contributed by atoms with Gasteiger partial charge in [-0.1, -0.05) is 6.07 Å². The van der Waals surface area contributed by atoms with Crippen LogP contribution < -0.4 is 18.9 Å². The number of H-pyrrole nitrogens is 1. The molecule has 2 heterocycles. The standard InChI is InChI=1S/C24H24N2O6/c1-5-31-24(27)17-11-15-18(12-25-17)26-16-7-6-8-19(22(15)16)32-13-14-9-20(28-2)23(30-4)21(10-14)29-3/h6-12,26H,5,13H2,1-4H3. The predicted octanol–water partition coefficient (Wildman–Crippen LogP) is 4.50. The summed E-state index contributed by atoms with van der Waals surface area (Å²) < 4.78 is 27.5. The van der Waals surface area contributed by atoms with Crippen LogP contribution in [-0.2, 0) is 11.3 Å². The third-order valence-corrected chi connectivity index (χ3v) is 5.07. The maximum atomic E-state index is 12.2. The number of methoxy groups -OCH3 is 3. The maximum absolute atomic E-state index is 12.2. The lowest BCUT2D eigenvalue weighted by Crippen LogP contribution is -2.06. The first-order valence-electron chi connectivity index (χ1n) is 10.1. The maximum Gasteiger partial charge on any atom is 0.356 e. The zero-order valence-corrected chi connectivity index (χ0v) is 18.4. The lowest BCUT2D eigenvalue weighted by Gasteiger charge is -2.15. The minimum Gasteiger partial charge on any atom is -0.493 e. The molecule has 0 aliphatic heterocycles. The molecule has 166 valence electrons. The van der Waals surface area contributed by atoms with Gasteiger partial charge in [0.05, 0.1) is 45.2 Å². The molecule has 0 aliphatic carbocycles. The molecule has 0 spiro atoms. The van der Waals surface area contributed by atoms with Crippen molar-refractivity contribution in [1.82, 2.24) is 9.97 Å². The minimum atomic E-state index is -0.459. The van der Waals surface area contributed by atoms with E-state index in [1.54, 1.807) is 40.5 Å². The Kier molecular flexibility index (Phi) is 6.02. The van der Waals surface area contributed by atoms with Gasteiger partial charge in [0.1, 0.15) is 18.1 Å². The van der Waals surface area contributed by atoms with E-state index >= 15 is 0 Å². The first-order chi connectivity index (χ1) is 15.6. The van der Waals surface area contributed by atoms with E-state index in [1.807, 2.05) is 30.3 Å². The molecule has 0 bridgehead atoms. The Morgan fingerprint density at radius 3 is 2.38 bits per heavy atom. The lowest BCUT2D eigenvalue weighted by atomic mass is 10.1. The van der Waals surface area contributed by atoms with Crippen molar-refractivity contribution in [3.05, 3.63) is 53.9 Å². The highest BCUT2D eigenvalue weighted by Gasteiger charge is 2.16.